The van der Waals surface area contributed by atoms with E-state index in [4.69, 9.17) is 4.74 Å². The second kappa shape index (κ2) is 8.03. The Labute approximate surface area is 161 Å². The van der Waals surface area contributed by atoms with Crippen molar-refractivity contribution in [3.05, 3.63) is 71.0 Å². The lowest BCUT2D eigenvalue weighted by Crippen LogP contribution is -2.26. The van der Waals surface area contributed by atoms with Crippen molar-refractivity contribution >= 4 is 26.0 Å². The van der Waals surface area contributed by atoms with Crippen molar-refractivity contribution in [1.82, 2.24) is 14.5 Å². The Morgan fingerprint density at radius 3 is 2.69 bits per heavy atom. The van der Waals surface area contributed by atoms with E-state index in [9.17, 15) is 8.42 Å². The number of aromatic nitrogens is 2. The van der Waals surface area contributed by atoms with E-state index in [1.807, 2.05) is 36.5 Å². The van der Waals surface area contributed by atoms with Gasteiger partial charge in [-0.2, -0.15) is 5.10 Å². The maximum Gasteiger partial charge on any atom is 0.244 e. The van der Waals surface area contributed by atoms with Gasteiger partial charge in [0.25, 0.3) is 0 Å². The predicted octanol–water partition coefficient (Wildman–Crippen LogP) is 3.16. The molecule has 0 radical (unpaired) electrons. The zero-order chi connectivity index (χ0) is 18.6. The minimum atomic E-state index is -3.67. The molecule has 136 valence electrons. The van der Waals surface area contributed by atoms with Crippen LogP contribution in [0.5, 0.6) is 5.75 Å². The number of rotatable bonds is 7. The van der Waals surface area contributed by atoms with Crippen molar-refractivity contribution in [3.8, 4) is 11.4 Å². The number of sulfonamides is 1. The lowest BCUT2D eigenvalue weighted by Gasteiger charge is -2.10. The number of nitrogens with zero attached hydrogens (tertiary/aromatic N) is 2. The molecule has 1 heterocycles. The van der Waals surface area contributed by atoms with Crippen LogP contribution in [0.4, 0.5) is 0 Å². The Bertz CT molecular complexity index is 988. The largest absolute Gasteiger partial charge is 0.495 e. The van der Waals surface area contributed by atoms with E-state index in [0.29, 0.717) is 16.6 Å². The SMILES string of the molecule is COc1ccc(Br)cc1S(=O)(=O)NCCc1cnn(-c2ccccc2)c1. The summed E-state index contributed by atoms with van der Waals surface area (Å²) >= 11 is 3.29. The molecule has 0 amide bonds. The highest BCUT2D eigenvalue weighted by atomic mass is 79.9. The van der Waals surface area contributed by atoms with Crippen molar-refractivity contribution in [1.29, 1.82) is 0 Å². The molecular weight excluding hydrogens is 418 g/mol. The summed E-state index contributed by atoms with van der Waals surface area (Å²) in [6, 6.07) is 14.6. The van der Waals surface area contributed by atoms with Crippen LogP contribution in [0.2, 0.25) is 0 Å². The molecule has 8 heteroatoms. The van der Waals surface area contributed by atoms with Crippen LogP contribution < -0.4 is 9.46 Å². The van der Waals surface area contributed by atoms with E-state index in [1.54, 1.807) is 23.0 Å². The fourth-order valence-corrected chi connectivity index (χ4v) is 4.22. The number of benzene rings is 2. The minimum Gasteiger partial charge on any atom is -0.495 e. The molecule has 0 saturated carbocycles. The van der Waals surface area contributed by atoms with Crippen molar-refractivity contribution in [3.63, 3.8) is 0 Å². The van der Waals surface area contributed by atoms with Gasteiger partial charge in [0.15, 0.2) is 0 Å². The summed E-state index contributed by atoms with van der Waals surface area (Å²) in [6.45, 7) is 0.262. The molecule has 6 nitrogen and oxygen atoms in total. The first kappa shape index (κ1) is 18.6. The molecule has 1 N–H and O–H groups in total. The van der Waals surface area contributed by atoms with Gasteiger partial charge in [-0.15, -0.1) is 0 Å². The Morgan fingerprint density at radius 1 is 1.19 bits per heavy atom. The number of para-hydroxylation sites is 1. The lowest BCUT2D eigenvalue weighted by atomic mass is 10.2. The molecular formula is C18H18BrN3O3S. The third-order valence-electron chi connectivity index (χ3n) is 3.78. The normalized spacial score (nSPS) is 11.5. The summed E-state index contributed by atoms with van der Waals surface area (Å²) in [5.74, 6) is 0.303. The molecule has 0 atom stereocenters. The summed E-state index contributed by atoms with van der Waals surface area (Å²) in [7, 11) is -2.23. The van der Waals surface area contributed by atoms with Gasteiger partial charge in [0.1, 0.15) is 10.6 Å². The second-order valence-corrected chi connectivity index (χ2v) is 8.22. The van der Waals surface area contributed by atoms with Crippen molar-refractivity contribution in [2.75, 3.05) is 13.7 Å². The Morgan fingerprint density at radius 2 is 1.96 bits per heavy atom. The third-order valence-corrected chi connectivity index (χ3v) is 5.75. The van der Waals surface area contributed by atoms with Gasteiger partial charge >= 0.3 is 0 Å². The first-order valence-electron chi connectivity index (χ1n) is 7.92. The fourth-order valence-electron chi connectivity index (χ4n) is 2.48. The van der Waals surface area contributed by atoms with E-state index in [-0.39, 0.29) is 11.4 Å². The van der Waals surface area contributed by atoms with E-state index in [2.05, 4.69) is 25.8 Å². The summed E-state index contributed by atoms with van der Waals surface area (Å²) in [6.07, 6.45) is 4.16. The number of halogens is 1. The number of hydrogen-bond acceptors (Lipinski definition) is 4. The van der Waals surface area contributed by atoms with Crippen LogP contribution in [0, 0.1) is 0 Å². The highest BCUT2D eigenvalue weighted by Gasteiger charge is 2.19. The lowest BCUT2D eigenvalue weighted by molar-refractivity contribution is 0.402. The standard InChI is InChI=1S/C18H18BrN3O3S/c1-25-17-8-7-15(19)11-18(17)26(23,24)21-10-9-14-12-20-22(13-14)16-5-3-2-4-6-16/h2-8,11-13,21H,9-10H2,1H3. The van der Waals surface area contributed by atoms with Crippen LogP contribution in [0.3, 0.4) is 0 Å². The summed E-state index contributed by atoms with van der Waals surface area (Å²) in [4.78, 5) is 0.106. The van der Waals surface area contributed by atoms with Crippen LogP contribution in [0.1, 0.15) is 5.56 Å². The average Bonchev–Trinajstić information content (AvgIpc) is 3.11. The fraction of sp³-hybridized carbons (Fsp3) is 0.167. The van der Waals surface area contributed by atoms with Gasteiger partial charge in [-0.25, -0.2) is 17.8 Å². The Balaban J connectivity index is 1.66. The van der Waals surface area contributed by atoms with Gasteiger partial charge in [0.2, 0.25) is 10.0 Å². The second-order valence-electron chi connectivity index (χ2n) is 5.57. The molecule has 0 spiro atoms. The van der Waals surface area contributed by atoms with E-state index < -0.39 is 10.0 Å². The Hall–Kier alpha value is -2.16. The Kier molecular flexibility index (Phi) is 5.75. The molecule has 0 aliphatic rings. The molecule has 3 rings (SSSR count). The quantitative estimate of drug-likeness (QED) is 0.618. The van der Waals surface area contributed by atoms with Crippen LogP contribution in [0.15, 0.2) is 70.3 Å². The average molecular weight is 436 g/mol. The van der Waals surface area contributed by atoms with E-state index in [1.165, 1.54) is 13.2 Å². The number of methoxy groups -OCH3 is 1. The van der Waals surface area contributed by atoms with Gasteiger partial charge in [0.05, 0.1) is 19.0 Å². The van der Waals surface area contributed by atoms with Gasteiger partial charge in [-0.1, -0.05) is 34.1 Å². The molecule has 2 aromatic carbocycles. The van der Waals surface area contributed by atoms with Gasteiger partial charge < -0.3 is 4.74 Å². The summed E-state index contributed by atoms with van der Waals surface area (Å²) in [5, 5.41) is 4.31. The molecule has 0 unspecified atom stereocenters. The minimum absolute atomic E-state index is 0.106. The van der Waals surface area contributed by atoms with E-state index >= 15 is 0 Å². The third kappa shape index (κ3) is 4.32. The van der Waals surface area contributed by atoms with Crippen molar-refractivity contribution < 1.29 is 13.2 Å². The highest BCUT2D eigenvalue weighted by molar-refractivity contribution is 9.10. The molecule has 0 fully saturated rings. The van der Waals surface area contributed by atoms with Gasteiger partial charge in [0, 0.05) is 17.2 Å². The molecule has 26 heavy (non-hydrogen) atoms. The maximum atomic E-state index is 12.5. The molecule has 3 aromatic rings. The molecule has 0 aliphatic heterocycles. The van der Waals surface area contributed by atoms with Crippen molar-refractivity contribution in [2.24, 2.45) is 0 Å². The number of ether oxygens (including phenoxy) is 1. The van der Waals surface area contributed by atoms with Crippen LogP contribution in [0.25, 0.3) is 5.69 Å². The number of hydrogen-bond donors (Lipinski definition) is 1. The van der Waals surface area contributed by atoms with Crippen LogP contribution >= 0.6 is 15.9 Å². The summed E-state index contributed by atoms with van der Waals surface area (Å²) < 4.78 is 35.3. The van der Waals surface area contributed by atoms with Gasteiger partial charge in [-0.3, -0.25) is 0 Å². The smallest absolute Gasteiger partial charge is 0.244 e. The monoisotopic (exact) mass is 435 g/mol. The zero-order valence-electron chi connectivity index (χ0n) is 14.1. The maximum absolute atomic E-state index is 12.5. The first-order valence-corrected chi connectivity index (χ1v) is 10.2. The van der Waals surface area contributed by atoms with Crippen molar-refractivity contribution in [2.45, 2.75) is 11.3 Å². The zero-order valence-corrected chi connectivity index (χ0v) is 16.5. The first-order chi connectivity index (χ1) is 12.5. The highest BCUT2D eigenvalue weighted by Crippen LogP contribution is 2.27. The molecule has 0 bridgehead atoms. The topological polar surface area (TPSA) is 73.2 Å². The van der Waals surface area contributed by atoms with Crippen LogP contribution in [-0.2, 0) is 16.4 Å². The van der Waals surface area contributed by atoms with Crippen LogP contribution in [-0.4, -0.2) is 31.9 Å². The molecule has 0 aliphatic carbocycles. The molecule has 1 aromatic heterocycles. The van der Waals surface area contributed by atoms with E-state index in [0.717, 1.165) is 11.3 Å². The number of nitrogens with one attached hydrogen (secondary N) is 1. The predicted molar refractivity (Wildman–Crippen MR) is 103 cm³/mol. The molecule has 0 saturated heterocycles. The summed E-state index contributed by atoms with van der Waals surface area (Å²) in [5.41, 5.74) is 1.90. The van der Waals surface area contributed by atoms with Gasteiger partial charge in [-0.05, 0) is 42.3 Å².